The Hall–Kier alpha value is -2.36. The molecule has 1 aromatic rings. The Morgan fingerprint density at radius 1 is 0.482 bits per heavy atom. The Morgan fingerprint density at radius 2 is 0.893 bits per heavy atom. The predicted molar refractivity (Wildman–Crippen MR) is 241 cm³/mol. The number of hydrogen-bond donors (Lipinski definition) is 0. The van der Waals surface area contributed by atoms with Crippen molar-refractivity contribution in [3.63, 3.8) is 0 Å². The van der Waals surface area contributed by atoms with Crippen LogP contribution in [0.4, 0.5) is 0 Å². The third-order valence-corrected chi connectivity index (χ3v) is 12.8. The minimum atomic E-state index is -0.0575. The zero-order valence-electron chi connectivity index (χ0n) is 37.5. The molecule has 2 aliphatic rings. The molecular weight excluding hydrogens is 685 g/mol. The van der Waals surface area contributed by atoms with Gasteiger partial charge in [-0.1, -0.05) is 220 Å². The minimum absolute atomic E-state index is 0.0575. The first-order valence-corrected chi connectivity index (χ1v) is 24.8. The van der Waals surface area contributed by atoms with Crippen molar-refractivity contribution in [3.8, 4) is 0 Å². The summed E-state index contributed by atoms with van der Waals surface area (Å²) in [6, 6.07) is 4.16. The number of carbonyl (C=O) groups is 1. The Bertz CT molecular complexity index is 1340. The van der Waals surface area contributed by atoms with Crippen LogP contribution in [0.2, 0.25) is 0 Å². The lowest BCUT2D eigenvalue weighted by Gasteiger charge is -2.31. The monoisotopic (exact) mass is 773 g/mol. The van der Waals surface area contributed by atoms with E-state index in [-0.39, 0.29) is 11.5 Å². The lowest BCUT2D eigenvalue weighted by atomic mass is 9.84. The van der Waals surface area contributed by atoms with Crippen LogP contribution < -0.4 is 5.11 Å². The molecule has 0 unspecified atom stereocenters. The van der Waals surface area contributed by atoms with E-state index in [0.717, 1.165) is 50.2 Å². The van der Waals surface area contributed by atoms with E-state index in [0.29, 0.717) is 11.1 Å². The van der Waals surface area contributed by atoms with Crippen LogP contribution in [-0.4, -0.2) is 27.2 Å². The third kappa shape index (κ3) is 17.2. The first-order valence-electron chi connectivity index (χ1n) is 24.8. The first kappa shape index (κ1) is 48.0. The van der Waals surface area contributed by atoms with Crippen LogP contribution in [0.3, 0.4) is 0 Å². The molecule has 0 amide bonds. The zero-order chi connectivity index (χ0) is 40.1. The maximum absolute atomic E-state index is 13.8. The molecule has 3 rings (SSSR count). The fourth-order valence-corrected chi connectivity index (χ4v) is 9.10. The van der Waals surface area contributed by atoms with Crippen LogP contribution in [0.1, 0.15) is 251 Å². The van der Waals surface area contributed by atoms with E-state index in [1.807, 2.05) is 12.1 Å². The van der Waals surface area contributed by atoms with E-state index in [4.69, 9.17) is 0 Å². The fraction of sp³-hybridized carbons (Fsp3) is 0.769. The fourth-order valence-electron chi connectivity index (χ4n) is 9.10. The normalized spacial score (nSPS) is 15.6. The van der Waals surface area contributed by atoms with Crippen molar-refractivity contribution in [1.29, 1.82) is 0 Å². The second kappa shape index (κ2) is 30.7. The Morgan fingerprint density at radius 3 is 1.29 bits per heavy atom. The summed E-state index contributed by atoms with van der Waals surface area (Å²) in [4.78, 5) is 13.8. The molecule has 4 nitrogen and oxygen atoms in total. The quantitative estimate of drug-likeness (QED) is 0.0384. The van der Waals surface area contributed by atoms with Crippen LogP contribution in [0.5, 0.6) is 0 Å². The smallest absolute Gasteiger partial charge is 0.216 e. The van der Waals surface area contributed by atoms with Gasteiger partial charge in [0.15, 0.2) is 5.71 Å². The summed E-state index contributed by atoms with van der Waals surface area (Å²) in [5, 5.41) is 13.8. The number of allylic oxidation sites excluding steroid dienone is 4. The van der Waals surface area contributed by atoms with Crippen molar-refractivity contribution < 1.29 is 14.5 Å². The molecule has 0 spiro atoms. The second-order valence-corrected chi connectivity index (χ2v) is 17.4. The van der Waals surface area contributed by atoms with Gasteiger partial charge in [-0.05, 0) is 31.4 Å². The molecule has 0 bridgehead atoms. The maximum Gasteiger partial charge on any atom is 0.216 e. The van der Waals surface area contributed by atoms with Gasteiger partial charge in [-0.15, -0.1) is 0 Å². The predicted octanol–water partition coefficient (Wildman–Crippen LogP) is 14.9. The number of aryl methyl sites for hydroxylation is 1. The van der Waals surface area contributed by atoms with Crippen LogP contribution in [0, 0.1) is 0 Å². The van der Waals surface area contributed by atoms with Crippen LogP contribution in [0.15, 0.2) is 41.3 Å². The molecule has 0 atom stereocenters. The number of hydrogen-bond acceptors (Lipinski definition) is 2. The Balaban J connectivity index is 1.35. The molecule has 4 heteroatoms. The number of aromatic nitrogens is 1. The Labute approximate surface area is 346 Å². The van der Waals surface area contributed by atoms with E-state index in [9.17, 15) is 9.90 Å². The van der Waals surface area contributed by atoms with Gasteiger partial charge < -0.3 is 9.67 Å². The van der Waals surface area contributed by atoms with Gasteiger partial charge >= 0.3 is 0 Å². The number of carbonyl (C=O) groups excluding carboxylic acids is 1. The highest BCUT2D eigenvalue weighted by Gasteiger charge is 2.38. The lowest BCUT2D eigenvalue weighted by molar-refractivity contribution is -0.471. The number of unbranched alkanes of at least 4 members (excludes halogenated alkanes) is 30. The highest BCUT2D eigenvalue weighted by atomic mass is 16.3. The number of ketones is 1. The lowest BCUT2D eigenvalue weighted by Crippen LogP contribution is -2.33. The minimum Gasteiger partial charge on any atom is -0.871 e. The second-order valence-electron chi connectivity index (χ2n) is 17.4. The molecule has 0 fully saturated rings. The van der Waals surface area contributed by atoms with E-state index in [2.05, 4.69) is 49.0 Å². The van der Waals surface area contributed by atoms with Crippen molar-refractivity contribution in [2.45, 2.75) is 253 Å². The summed E-state index contributed by atoms with van der Waals surface area (Å²) in [6.07, 6.45) is 49.5. The van der Waals surface area contributed by atoms with Gasteiger partial charge in [-0.3, -0.25) is 4.79 Å². The molecule has 0 saturated heterocycles. The van der Waals surface area contributed by atoms with Crippen molar-refractivity contribution in [1.82, 2.24) is 4.57 Å². The number of nitrogens with zero attached hydrogens (tertiary/aromatic N) is 2. The molecule has 0 N–H and O–H groups in total. The SMILES string of the molecule is CCCCCCCCCCCCCCCCCCn1c(CC)ccc1C1=C([O-])C(=C2C=CC(CC)=[N+]2CCCCCCCCCCCCCCCCCC)C1=O. The van der Waals surface area contributed by atoms with E-state index >= 15 is 0 Å². The summed E-state index contributed by atoms with van der Waals surface area (Å²) in [5.41, 5.74) is 4.94. The van der Waals surface area contributed by atoms with Gasteiger partial charge in [0, 0.05) is 42.8 Å². The van der Waals surface area contributed by atoms with E-state index in [1.54, 1.807) is 0 Å². The van der Waals surface area contributed by atoms with Crippen molar-refractivity contribution in [2.75, 3.05) is 6.54 Å². The topological polar surface area (TPSA) is 48.1 Å². The highest BCUT2D eigenvalue weighted by molar-refractivity contribution is 6.38. The molecule has 1 aliphatic heterocycles. The molecule has 0 saturated carbocycles. The van der Waals surface area contributed by atoms with Crippen molar-refractivity contribution in [2.24, 2.45) is 0 Å². The van der Waals surface area contributed by atoms with Crippen molar-refractivity contribution >= 4 is 17.1 Å². The molecule has 0 aromatic carbocycles. The average Bonchev–Trinajstić information content (AvgIpc) is 3.80. The summed E-state index contributed by atoms with van der Waals surface area (Å²) < 4.78 is 4.55. The van der Waals surface area contributed by atoms with Crippen LogP contribution in [-0.2, 0) is 17.8 Å². The molecule has 0 radical (unpaired) electrons. The van der Waals surface area contributed by atoms with Gasteiger partial charge in [0.05, 0.1) is 11.3 Å². The van der Waals surface area contributed by atoms with Crippen LogP contribution >= 0.6 is 0 Å². The highest BCUT2D eigenvalue weighted by Crippen LogP contribution is 2.39. The molecule has 2 heterocycles. The van der Waals surface area contributed by atoms with Crippen LogP contribution in [0.25, 0.3) is 5.57 Å². The number of Topliss-reactive ketones (excluding diaryl/α,β-unsaturated/α-hetero) is 1. The van der Waals surface area contributed by atoms with Gasteiger partial charge in [0.25, 0.3) is 0 Å². The molecule has 1 aromatic heterocycles. The van der Waals surface area contributed by atoms with Gasteiger partial charge in [-0.25, -0.2) is 0 Å². The van der Waals surface area contributed by atoms with E-state index in [1.165, 1.54) is 204 Å². The molecule has 1 aliphatic carbocycles. The van der Waals surface area contributed by atoms with Gasteiger partial charge in [0.1, 0.15) is 6.54 Å². The molecular formula is C52H88N2O2. The van der Waals surface area contributed by atoms with Gasteiger partial charge in [-0.2, -0.15) is 4.58 Å². The largest absolute Gasteiger partial charge is 0.871 e. The van der Waals surface area contributed by atoms with Crippen molar-refractivity contribution in [3.05, 3.63) is 52.7 Å². The maximum atomic E-state index is 13.8. The molecule has 318 valence electrons. The summed E-state index contributed by atoms with van der Waals surface area (Å²) in [7, 11) is 0. The van der Waals surface area contributed by atoms with Gasteiger partial charge in [0.2, 0.25) is 11.5 Å². The van der Waals surface area contributed by atoms with E-state index < -0.39 is 0 Å². The number of rotatable bonds is 37. The standard InChI is InChI=1S/C52H88N2O2/c1-5-9-11-13-15-17-19-21-23-25-27-29-31-33-35-37-43-53-45(7-3)39-41-47(53)49-51(55)50(52(49)56)48-42-40-46(8-4)54(48)44-38-36-34-32-30-28-26-24-22-20-18-16-14-12-10-6-2/h39-42H,5-38,43-44H2,1-4H3. The summed E-state index contributed by atoms with van der Waals surface area (Å²) in [6.45, 7) is 10.7. The Kier molecular flexibility index (Phi) is 26.3. The zero-order valence-corrected chi connectivity index (χ0v) is 37.5. The summed E-state index contributed by atoms with van der Waals surface area (Å²) in [5.74, 6) is -0.115. The third-order valence-electron chi connectivity index (χ3n) is 12.8. The average molecular weight is 773 g/mol. The molecule has 56 heavy (non-hydrogen) atoms. The first-order chi connectivity index (χ1) is 27.6. The summed E-state index contributed by atoms with van der Waals surface area (Å²) >= 11 is 0.